The molecule has 0 bridgehead atoms. The second kappa shape index (κ2) is 2.09. The molecule has 1 N–H and O–H groups in total. The smallest absolute Gasteiger partial charge is 0.245 e. The van der Waals surface area contributed by atoms with Crippen LogP contribution in [0.2, 0.25) is 0 Å². The molecule has 1 amide bonds. The van der Waals surface area contributed by atoms with Gasteiger partial charge in [-0.2, -0.15) is 0 Å². The van der Waals surface area contributed by atoms with Gasteiger partial charge in [0.25, 0.3) is 0 Å². The van der Waals surface area contributed by atoms with E-state index in [2.05, 4.69) is 5.32 Å². The average molecular weight is 161 g/mol. The molecule has 1 heterocycles. The molecular formula is C5H7NO3S. The summed E-state index contributed by atoms with van der Waals surface area (Å²) in [5.74, 6) is -0.333. The van der Waals surface area contributed by atoms with Gasteiger partial charge in [-0.05, 0) is 0 Å². The Bertz CT molecular complexity index is 288. The van der Waals surface area contributed by atoms with E-state index in [1.54, 1.807) is 0 Å². The molecule has 56 valence electrons. The van der Waals surface area contributed by atoms with E-state index < -0.39 is 9.84 Å². The summed E-state index contributed by atoms with van der Waals surface area (Å²) < 4.78 is 21.4. The molecule has 0 saturated carbocycles. The van der Waals surface area contributed by atoms with Crippen LogP contribution in [0, 0.1) is 0 Å². The van der Waals surface area contributed by atoms with Crippen molar-refractivity contribution in [2.75, 3.05) is 12.8 Å². The Balaban J connectivity index is 2.98. The Morgan fingerprint density at radius 2 is 2.20 bits per heavy atom. The second-order valence-electron chi connectivity index (χ2n) is 2.10. The number of hydrogen-bond donors (Lipinski definition) is 1. The van der Waals surface area contributed by atoms with Crippen LogP contribution >= 0.6 is 0 Å². The van der Waals surface area contributed by atoms with E-state index in [1.165, 1.54) is 0 Å². The summed E-state index contributed by atoms with van der Waals surface area (Å²) in [6.45, 7) is 0.137. The number of sulfone groups is 1. The molecule has 0 aromatic carbocycles. The second-order valence-corrected chi connectivity index (χ2v) is 4.17. The highest BCUT2D eigenvalue weighted by Crippen LogP contribution is 2.06. The van der Waals surface area contributed by atoms with Crippen LogP contribution in [0.5, 0.6) is 0 Å². The first-order valence-electron chi connectivity index (χ1n) is 2.68. The van der Waals surface area contributed by atoms with Crippen LogP contribution in [0.4, 0.5) is 0 Å². The summed E-state index contributed by atoms with van der Waals surface area (Å²) in [6, 6.07) is 0. The molecular weight excluding hydrogens is 154 g/mol. The third-order valence-electron chi connectivity index (χ3n) is 1.21. The lowest BCUT2D eigenvalue weighted by molar-refractivity contribution is -0.115. The van der Waals surface area contributed by atoms with Crippen molar-refractivity contribution < 1.29 is 13.2 Å². The largest absolute Gasteiger partial charge is 0.348 e. The van der Waals surface area contributed by atoms with E-state index in [4.69, 9.17) is 0 Å². The van der Waals surface area contributed by atoms with Crippen LogP contribution in [-0.4, -0.2) is 27.1 Å². The molecule has 0 aliphatic carbocycles. The molecule has 4 nitrogen and oxygen atoms in total. The maximum atomic E-state index is 10.7. The third kappa shape index (κ3) is 1.36. The van der Waals surface area contributed by atoms with E-state index in [0.717, 1.165) is 12.3 Å². The lowest BCUT2D eigenvalue weighted by Gasteiger charge is -1.93. The van der Waals surface area contributed by atoms with Crippen LogP contribution in [-0.2, 0) is 14.6 Å². The number of hydrogen-bond acceptors (Lipinski definition) is 3. The Morgan fingerprint density at radius 3 is 2.40 bits per heavy atom. The van der Waals surface area contributed by atoms with Crippen molar-refractivity contribution in [3.05, 3.63) is 11.0 Å². The van der Waals surface area contributed by atoms with Crippen molar-refractivity contribution in [1.82, 2.24) is 5.32 Å². The molecule has 0 spiro atoms. The summed E-state index contributed by atoms with van der Waals surface area (Å²) in [6.07, 6.45) is 2.19. The summed E-state index contributed by atoms with van der Waals surface area (Å²) >= 11 is 0. The normalized spacial score (nSPS) is 18.5. The van der Waals surface area contributed by atoms with Gasteiger partial charge < -0.3 is 5.32 Å². The van der Waals surface area contributed by atoms with E-state index in [9.17, 15) is 13.2 Å². The molecule has 0 aromatic heterocycles. The molecule has 5 heteroatoms. The van der Waals surface area contributed by atoms with Crippen LogP contribution < -0.4 is 5.32 Å². The van der Waals surface area contributed by atoms with Gasteiger partial charge in [0.05, 0.1) is 11.4 Å². The van der Waals surface area contributed by atoms with Crippen LogP contribution in [0.25, 0.3) is 0 Å². The predicted molar refractivity (Wildman–Crippen MR) is 35.9 cm³/mol. The quantitative estimate of drug-likeness (QED) is 0.539. The minimum Gasteiger partial charge on any atom is -0.348 e. The lowest BCUT2D eigenvalue weighted by Crippen LogP contribution is -2.16. The standard InChI is InChI=1S/C5H7NO3S/c1-10(8,9)4-2-5(7)6-3-4/h2H,3H2,1H3,(H,6,7). The van der Waals surface area contributed by atoms with Gasteiger partial charge in [0.15, 0.2) is 9.84 Å². The van der Waals surface area contributed by atoms with E-state index in [0.29, 0.717) is 0 Å². The molecule has 1 aliphatic rings. The molecule has 0 aromatic rings. The van der Waals surface area contributed by atoms with Crippen LogP contribution in [0.3, 0.4) is 0 Å². The zero-order valence-electron chi connectivity index (χ0n) is 5.42. The van der Waals surface area contributed by atoms with Gasteiger partial charge >= 0.3 is 0 Å². The van der Waals surface area contributed by atoms with Gasteiger partial charge in [0.1, 0.15) is 0 Å². The monoisotopic (exact) mass is 161 g/mol. The van der Waals surface area contributed by atoms with Gasteiger partial charge in [0, 0.05) is 12.3 Å². The zero-order chi connectivity index (χ0) is 7.78. The minimum atomic E-state index is -3.16. The van der Waals surface area contributed by atoms with Gasteiger partial charge in [-0.3, -0.25) is 4.79 Å². The fourth-order valence-electron chi connectivity index (χ4n) is 0.661. The van der Waals surface area contributed by atoms with Crippen LogP contribution in [0.1, 0.15) is 0 Å². The molecule has 0 unspecified atom stereocenters. The molecule has 1 aliphatic heterocycles. The maximum Gasteiger partial charge on any atom is 0.245 e. The molecule has 0 radical (unpaired) electrons. The van der Waals surface area contributed by atoms with E-state index in [-0.39, 0.29) is 17.4 Å². The van der Waals surface area contributed by atoms with Gasteiger partial charge in [-0.25, -0.2) is 8.42 Å². The van der Waals surface area contributed by atoms with Crippen molar-refractivity contribution in [2.24, 2.45) is 0 Å². The summed E-state index contributed by atoms with van der Waals surface area (Å²) in [7, 11) is -3.16. The van der Waals surface area contributed by atoms with Crippen molar-refractivity contribution >= 4 is 15.7 Å². The number of carbonyl (C=O) groups excluding carboxylic acids is 1. The fraction of sp³-hybridized carbons (Fsp3) is 0.400. The molecule has 0 fully saturated rings. The van der Waals surface area contributed by atoms with Crippen molar-refractivity contribution in [1.29, 1.82) is 0 Å². The van der Waals surface area contributed by atoms with Crippen LogP contribution in [0.15, 0.2) is 11.0 Å². The summed E-state index contributed by atoms with van der Waals surface area (Å²) in [4.78, 5) is 10.6. The first-order chi connectivity index (χ1) is 4.50. The Morgan fingerprint density at radius 1 is 1.60 bits per heavy atom. The predicted octanol–water partition coefficient (Wildman–Crippen LogP) is -0.955. The van der Waals surface area contributed by atoms with Gasteiger partial charge in [-0.1, -0.05) is 0 Å². The molecule has 1 rings (SSSR count). The number of amides is 1. The highest BCUT2D eigenvalue weighted by Gasteiger charge is 2.18. The average Bonchev–Trinajstić information content (AvgIpc) is 2.11. The number of nitrogens with one attached hydrogen (secondary N) is 1. The highest BCUT2D eigenvalue weighted by molar-refractivity contribution is 7.94. The van der Waals surface area contributed by atoms with Crippen molar-refractivity contribution in [3.8, 4) is 0 Å². The Hall–Kier alpha value is -0.840. The zero-order valence-corrected chi connectivity index (χ0v) is 6.23. The number of rotatable bonds is 1. The van der Waals surface area contributed by atoms with Gasteiger partial charge in [0.2, 0.25) is 5.91 Å². The van der Waals surface area contributed by atoms with E-state index >= 15 is 0 Å². The Kier molecular flexibility index (Phi) is 1.52. The Labute approximate surface area is 58.8 Å². The first kappa shape index (κ1) is 7.27. The number of carbonyl (C=O) groups is 1. The maximum absolute atomic E-state index is 10.7. The summed E-state index contributed by atoms with van der Waals surface area (Å²) in [5, 5.41) is 2.37. The first-order valence-corrected chi connectivity index (χ1v) is 4.58. The van der Waals surface area contributed by atoms with Gasteiger partial charge in [-0.15, -0.1) is 0 Å². The third-order valence-corrected chi connectivity index (χ3v) is 2.42. The molecule has 0 atom stereocenters. The highest BCUT2D eigenvalue weighted by atomic mass is 32.2. The van der Waals surface area contributed by atoms with Crippen molar-refractivity contribution in [2.45, 2.75) is 0 Å². The summed E-state index contributed by atoms with van der Waals surface area (Å²) in [5.41, 5.74) is 0. The lowest BCUT2D eigenvalue weighted by atomic mass is 10.6. The molecule has 0 saturated heterocycles. The topological polar surface area (TPSA) is 63.2 Å². The fourth-order valence-corrected chi connectivity index (χ4v) is 1.32. The van der Waals surface area contributed by atoms with Crippen molar-refractivity contribution in [3.63, 3.8) is 0 Å². The SMILES string of the molecule is CS(=O)(=O)C1=CC(=O)NC1. The minimum absolute atomic E-state index is 0.137. The van der Waals surface area contributed by atoms with E-state index in [1.807, 2.05) is 0 Å². The molecule has 10 heavy (non-hydrogen) atoms.